The van der Waals surface area contributed by atoms with E-state index in [4.69, 9.17) is 9.47 Å². The SMILES string of the molecule is O=C(CN(C(=O)c1ccc2c(c1)OCO2)C1CC1)N(Cc1ccc(F)cc1)Cc1cccs1. The molecule has 2 aliphatic rings. The second-order valence-electron chi connectivity index (χ2n) is 8.19. The third-order valence-corrected chi connectivity index (χ3v) is 6.60. The van der Waals surface area contributed by atoms with Gasteiger partial charge in [-0.3, -0.25) is 9.59 Å². The Kier molecular flexibility index (Phi) is 6.00. The van der Waals surface area contributed by atoms with Gasteiger partial charge in [-0.25, -0.2) is 4.39 Å². The van der Waals surface area contributed by atoms with Crippen LogP contribution >= 0.6 is 11.3 Å². The van der Waals surface area contributed by atoms with Crippen LogP contribution < -0.4 is 9.47 Å². The Hall–Kier alpha value is -3.39. The van der Waals surface area contributed by atoms with Crippen LogP contribution in [0.3, 0.4) is 0 Å². The molecule has 1 aromatic heterocycles. The van der Waals surface area contributed by atoms with Gasteiger partial charge in [-0.1, -0.05) is 18.2 Å². The minimum absolute atomic E-state index is 0.00941. The zero-order valence-corrected chi connectivity index (χ0v) is 18.7. The van der Waals surface area contributed by atoms with E-state index in [0.717, 1.165) is 23.3 Å². The topological polar surface area (TPSA) is 59.1 Å². The highest BCUT2D eigenvalue weighted by molar-refractivity contribution is 7.09. The van der Waals surface area contributed by atoms with Crippen molar-refractivity contribution in [2.75, 3.05) is 13.3 Å². The highest BCUT2D eigenvalue weighted by atomic mass is 32.1. The molecular weight excluding hydrogens is 443 g/mol. The second-order valence-corrected chi connectivity index (χ2v) is 9.22. The lowest BCUT2D eigenvalue weighted by atomic mass is 10.1. The van der Waals surface area contributed by atoms with Crippen molar-refractivity contribution in [2.45, 2.75) is 32.0 Å². The molecule has 0 atom stereocenters. The molecule has 1 aliphatic heterocycles. The summed E-state index contributed by atoms with van der Waals surface area (Å²) in [7, 11) is 0. The number of nitrogens with zero attached hydrogens (tertiary/aromatic N) is 2. The van der Waals surface area contributed by atoms with Crippen LogP contribution in [0.15, 0.2) is 60.0 Å². The number of rotatable bonds is 8. The van der Waals surface area contributed by atoms with Crippen LogP contribution in [0, 0.1) is 5.82 Å². The monoisotopic (exact) mass is 466 g/mol. The Labute approximate surface area is 195 Å². The highest BCUT2D eigenvalue weighted by Crippen LogP contribution is 2.34. The molecular formula is C25H23FN2O4S. The van der Waals surface area contributed by atoms with Gasteiger partial charge in [0.1, 0.15) is 12.4 Å². The van der Waals surface area contributed by atoms with Crippen molar-refractivity contribution in [2.24, 2.45) is 0 Å². The van der Waals surface area contributed by atoms with E-state index < -0.39 is 0 Å². The maximum absolute atomic E-state index is 13.4. The Morgan fingerprint density at radius 3 is 2.52 bits per heavy atom. The summed E-state index contributed by atoms with van der Waals surface area (Å²) >= 11 is 1.57. The molecule has 0 unspecified atom stereocenters. The van der Waals surface area contributed by atoms with E-state index in [1.807, 2.05) is 17.5 Å². The van der Waals surface area contributed by atoms with Crippen molar-refractivity contribution in [1.29, 1.82) is 0 Å². The van der Waals surface area contributed by atoms with Crippen LogP contribution in [0.4, 0.5) is 4.39 Å². The fraction of sp³-hybridized carbons (Fsp3) is 0.280. The quantitative estimate of drug-likeness (QED) is 0.492. The van der Waals surface area contributed by atoms with Crippen LogP contribution in [0.2, 0.25) is 0 Å². The molecule has 1 saturated carbocycles. The molecule has 1 aliphatic carbocycles. The van der Waals surface area contributed by atoms with Crippen LogP contribution in [0.5, 0.6) is 11.5 Å². The lowest BCUT2D eigenvalue weighted by Crippen LogP contribution is -2.43. The molecule has 3 aromatic rings. The van der Waals surface area contributed by atoms with Crippen LogP contribution in [0.25, 0.3) is 0 Å². The molecule has 0 spiro atoms. The first-order valence-corrected chi connectivity index (χ1v) is 11.7. The Balaban J connectivity index is 1.34. The predicted octanol–water partition coefficient (Wildman–Crippen LogP) is 4.45. The molecule has 33 heavy (non-hydrogen) atoms. The molecule has 2 amide bonds. The van der Waals surface area contributed by atoms with Crippen molar-refractivity contribution >= 4 is 23.2 Å². The lowest BCUT2D eigenvalue weighted by molar-refractivity contribution is -0.133. The number of carbonyl (C=O) groups excluding carboxylic acids is 2. The van der Waals surface area contributed by atoms with Gasteiger partial charge in [0.25, 0.3) is 5.91 Å². The average molecular weight is 467 g/mol. The van der Waals surface area contributed by atoms with Gasteiger partial charge in [-0.15, -0.1) is 11.3 Å². The summed E-state index contributed by atoms with van der Waals surface area (Å²) in [5.41, 5.74) is 1.31. The van der Waals surface area contributed by atoms with Crippen molar-refractivity contribution in [1.82, 2.24) is 9.80 Å². The van der Waals surface area contributed by atoms with Crippen LogP contribution in [-0.4, -0.2) is 41.0 Å². The highest BCUT2D eigenvalue weighted by Gasteiger charge is 2.35. The van der Waals surface area contributed by atoms with Crippen molar-refractivity contribution in [3.63, 3.8) is 0 Å². The summed E-state index contributed by atoms with van der Waals surface area (Å²) in [4.78, 5) is 31.2. The molecule has 0 bridgehead atoms. The number of hydrogen-bond acceptors (Lipinski definition) is 5. The molecule has 1 fully saturated rings. The Morgan fingerprint density at radius 2 is 1.79 bits per heavy atom. The van der Waals surface area contributed by atoms with Gasteiger partial charge in [0, 0.05) is 23.0 Å². The first-order valence-electron chi connectivity index (χ1n) is 10.8. The van der Waals surface area contributed by atoms with Crippen LogP contribution in [0.1, 0.15) is 33.6 Å². The number of benzene rings is 2. The summed E-state index contributed by atoms with van der Waals surface area (Å²) in [6, 6.07) is 15.2. The van der Waals surface area contributed by atoms with Gasteiger partial charge in [-0.2, -0.15) is 0 Å². The maximum Gasteiger partial charge on any atom is 0.254 e. The van der Waals surface area contributed by atoms with Crippen molar-refractivity contribution < 1.29 is 23.5 Å². The Bertz CT molecular complexity index is 1150. The van der Waals surface area contributed by atoms with Crippen LogP contribution in [-0.2, 0) is 17.9 Å². The smallest absolute Gasteiger partial charge is 0.254 e. The molecule has 2 heterocycles. The van der Waals surface area contributed by atoms with E-state index in [0.29, 0.717) is 30.2 Å². The lowest BCUT2D eigenvalue weighted by Gasteiger charge is -2.28. The predicted molar refractivity (Wildman–Crippen MR) is 122 cm³/mol. The fourth-order valence-electron chi connectivity index (χ4n) is 3.83. The first kappa shape index (κ1) is 21.5. The molecule has 170 valence electrons. The van der Waals surface area contributed by atoms with Crippen molar-refractivity contribution in [3.05, 3.63) is 81.8 Å². The zero-order valence-electron chi connectivity index (χ0n) is 17.9. The zero-order chi connectivity index (χ0) is 22.8. The molecule has 0 N–H and O–H groups in total. The molecule has 2 aromatic carbocycles. The summed E-state index contributed by atoms with van der Waals surface area (Å²) < 4.78 is 24.1. The Morgan fingerprint density at radius 1 is 1.00 bits per heavy atom. The van der Waals surface area contributed by atoms with E-state index in [9.17, 15) is 14.0 Å². The normalized spacial score (nSPS) is 14.2. The molecule has 0 saturated heterocycles. The number of ether oxygens (including phenoxy) is 2. The van der Waals surface area contributed by atoms with Crippen molar-refractivity contribution in [3.8, 4) is 11.5 Å². The van der Waals surface area contributed by atoms with E-state index in [1.54, 1.807) is 51.5 Å². The number of carbonyl (C=O) groups is 2. The van der Waals surface area contributed by atoms with Gasteiger partial charge < -0.3 is 19.3 Å². The number of thiophene rings is 1. The van der Waals surface area contributed by atoms with Gasteiger partial charge in [0.2, 0.25) is 12.7 Å². The van der Waals surface area contributed by atoms with Gasteiger partial charge in [0.05, 0.1) is 6.54 Å². The average Bonchev–Trinajstić information content (AvgIpc) is 3.32. The first-order chi connectivity index (χ1) is 16.1. The molecule has 5 rings (SSSR count). The molecule has 8 heteroatoms. The van der Waals surface area contributed by atoms with Gasteiger partial charge >= 0.3 is 0 Å². The minimum atomic E-state index is -0.316. The fourth-order valence-corrected chi connectivity index (χ4v) is 4.55. The van der Waals surface area contributed by atoms with E-state index in [-0.39, 0.29) is 37.0 Å². The maximum atomic E-state index is 13.4. The number of hydrogen-bond donors (Lipinski definition) is 0. The van der Waals surface area contributed by atoms with Gasteiger partial charge in [-0.05, 0) is 60.2 Å². The standard InChI is InChI=1S/C25H23FN2O4S/c26-19-6-3-17(4-7-19)13-27(14-21-2-1-11-33-21)24(29)15-28(20-8-9-20)25(30)18-5-10-22-23(12-18)32-16-31-22/h1-7,10-12,20H,8-9,13-16H2. The van der Waals surface area contributed by atoms with Gasteiger partial charge in [0.15, 0.2) is 11.5 Å². The second kappa shape index (κ2) is 9.23. The van der Waals surface area contributed by atoms with E-state index >= 15 is 0 Å². The summed E-state index contributed by atoms with van der Waals surface area (Å²) in [5, 5.41) is 1.97. The summed E-state index contributed by atoms with van der Waals surface area (Å²) in [6.07, 6.45) is 1.76. The number of halogens is 1. The molecule has 0 radical (unpaired) electrons. The summed E-state index contributed by atoms with van der Waals surface area (Å²) in [5.74, 6) is 0.500. The van der Waals surface area contributed by atoms with E-state index in [2.05, 4.69) is 0 Å². The third kappa shape index (κ3) is 5.01. The molecule has 6 nitrogen and oxygen atoms in total. The minimum Gasteiger partial charge on any atom is -0.454 e. The third-order valence-electron chi connectivity index (χ3n) is 5.74. The largest absolute Gasteiger partial charge is 0.454 e. The number of fused-ring (bicyclic) bond motifs is 1. The van der Waals surface area contributed by atoms with E-state index in [1.165, 1.54) is 12.1 Å². The summed E-state index contributed by atoms with van der Waals surface area (Å²) in [6.45, 7) is 0.904. The number of amides is 2.